The Labute approximate surface area is 180 Å². The molecule has 31 heavy (non-hydrogen) atoms. The minimum atomic E-state index is -0.882. The van der Waals surface area contributed by atoms with Crippen LogP contribution in [0.3, 0.4) is 0 Å². The van der Waals surface area contributed by atoms with Gasteiger partial charge in [0.15, 0.2) is 0 Å². The summed E-state index contributed by atoms with van der Waals surface area (Å²) >= 11 is 0. The lowest BCUT2D eigenvalue weighted by molar-refractivity contribution is -0.140. The molecule has 1 fully saturated rings. The molecule has 3 rings (SSSR count). The average Bonchev–Trinajstić information content (AvgIpc) is 3.01. The van der Waals surface area contributed by atoms with E-state index in [1.165, 1.54) is 23.1 Å². The lowest BCUT2D eigenvalue weighted by Crippen LogP contribution is -2.35. The molecule has 1 aliphatic rings. The number of likely N-dealkylation sites (N-methyl/N-ethyl adjacent to an activating group) is 1. The maximum Gasteiger partial charge on any atom is 0.295 e. The van der Waals surface area contributed by atoms with Crippen LogP contribution >= 0.6 is 0 Å². The van der Waals surface area contributed by atoms with Crippen molar-refractivity contribution in [2.75, 3.05) is 33.8 Å². The minimum absolute atomic E-state index is 0.0610. The molecule has 1 heterocycles. The normalized spacial score (nSPS) is 17.9. The highest BCUT2D eigenvalue weighted by Crippen LogP contribution is 2.39. The van der Waals surface area contributed by atoms with Crippen LogP contribution in [0.1, 0.15) is 17.2 Å². The topological polar surface area (TPSA) is 70.1 Å². The Bertz CT molecular complexity index is 1010. The Hall–Kier alpha value is -3.45. The second kappa shape index (κ2) is 9.57. The lowest BCUT2D eigenvalue weighted by Gasteiger charge is -2.26. The molecule has 0 unspecified atom stereocenters. The quantitative estimate of drug-likeness (QED) is 0.305. The van der Waals surface area contributed by atoms with Gasteiger partial charge in [-0.3, -0.25) is 9.59 Å². The third-order valence-corrected chi connectivity index (χ3v) is 4.99. The molecule has 162 valence electrons. The average molecular weight is 424 g/mol. The van der Waals surface area contributed by atoms with Crippen molar-refractivity contribution in [2.24, 2.45) is 0 Å². The number of halogens is 1. The first-order valence-corrected chi connectivity index (χ1v) is 9.86. The van der Waals surface area contributed by atoms with Crippen LogP contribution in [0.5, 0.6) is 5.75 Å². The van der Waals surface area contributed by atoms with Crippen molar-refractivity contribution in [1.29, 1.82) is 0 Å². The number of rotatable bonds is 8. The second-order valence-corrected chi connectivity index (χ2v) is 7.47. The Morgan fingerprint density at radius 2 is 1.94 bits per heavy atom. The number of amides is 1. The Kier molecular flexibility index (Phi) is 6.87. The summed E-state index contributed by atoms with van der Waals surface area (Å²) in [4.78, 5) is 29.0. The van der Waals surface area contributed by atoms with Crippen LogP contribution in [-0.2, 0) is 9.59 Å². The van der Waals surface area contributed by atoms with Crippen molar-refractivity contribution in [1.82, 2.24) is 9.80 Å². The molecular weight excluding hydrogens is 399 g/mol. The monoisotopic (exact) mass is 424 g/mol. The van der Waals surface area contributed by atoms with Gasteiger partial charge in [0.2, 0.25) is 0 Å². The van der Waals surface area contributed by atoms with Crippen molar-refractivity contribution in [3.05, 3.63) is 83.7 Å². The molecule has 0 bridgehead atoms. The number of Topliss-reactive ketones (excluding diaryl/α,β-unsaturated/α-hetero) is 1. The smallest absolute Gasteiger partial charge is 0.295 e. The number of ketones is 1. The van der Waals surface area contributed by atoms with Gasteiger partial charge in [-0.15, -0.1) is 0 Å². The highest BCUT2D eigenvalue weighted by Gasteiger charge is 2.45. The molecule has 2 aromatic rings. The zero-order valence-corrected chi connectivity index (χ0v) is 17.5. The summed E-state index contributed by atoms with van der Waals surface area (Å²) < 4.78 is 19.4. The van der Waals surface area contributed by atoms with E-state index >= 15 is 0 Å². The number of carbonyl (C=O) groups is 2. The number of aliphatic hydroxyl groups is 1. The van der Waals surface area contributed by atoms with Crippen LogP contribution in [0, 0.1) is 5.82 Å². The summed E-state index contributed by atoms with van der Waals surface area (Å²) in [6, 6.07) is 11.3. The molecule has 1 saturated heterocycles. The van der Waals surface area contributed by atoms with Gasteiger partial charge < -0.3 is 19.6 Å². The number of ether oxygens (including phenoxy) is 1. The molecular formula is C24H25FN2O4. The van der Waals surface area contributed by atoms with Crippen LogP contribution < -0.4 is 4.74 Å². The molecule has 0 spiro atoms. The molecule has 1 amide bonds. The maximum absolute atomic E-state index is 14.0. The van der Waals surface area contributed by atoms with E-state index in [0.29, 0.717) is 30.0 Å². The SMILES string of the molecule is C=CCOc1ccc(C(O)=C2C(=O)C(=O)N(CCN(C)C)[C@H]2c2cccc(F)c2)cc1. The van der Waals surface area contributed by atoms with E-state index in [9.17, 15) is 19.1 Å². The van der Waals surface area contributed by atoms with Crippen LogP contribution in [-0.4, -0.2) is 60.4 Å². The van der Waals surface area contributed by atoms with E-state index in [0.717, 1.165) is 0 Å². The molecule has 0 saturated carbocycles. The van der Waals surface area contributed by atoms with E-state index < -0.39 is 23.5 Å². The Morgan fingerprint density at radius 1 is 1.23 bits per heavy atom. The number of aliphatic hydroxyl groups excluding tert-OH is 1. The van der Waals surface area contributed by atoms with Crippen molar-refractivity contribution in [3.63, 3.8) is 0 Å². The van der Waals surface area contributed by atoms with Gasteiger partial charge in [-0.05, 0) is 56.1 Å². The fourth-order valence-corrected chi connectivity index (χ4v) is 3.46. The summed E-state index contributed by atoms with van der Waals surface area (Å²) in [5, 5.41) is 11.0. The van der Waals surface area contributed by atoms with Gasteiger partial charge in [0, 0.05) is 18.7 Å². The van der Waals surface area contributed by atoms with E-state index in [4.69, 9.17) is 4.74 Å². The molecule has 6 nitrogen and oxygen atoms in total. The standard InChI is InChI=1S/C24H25FN2O4/c1-4-14-31-19-10-8-16(9-11-19)22(28)20-21(17-6-5-7-18(25)15-17)27(13-12-26(2)3)24(30)23(20)29/h4-11,15,21,28H,1,12-14H2,2-3H3/t21-/m0/s1. The molecule has 1 N–H and O–H groups in total. The molecule has 0 aliphatic carbocycles. The van der Waals surface area contributed by atoms with Crippen LogP contribution in [0.25, 0.3) is 5.76 Å². The third-order valence-electron chi connectivity index (χ3n) is 4.99. The lowest BCUT2D eigenvalue weighted by atomic mass is 9.95. The number of nitrogens with zero attached hydrogens (tertiary/aromatic N) is 2. The zero-order chi connectivity index (χ0) is 22.5. The largest absolute Gasteiger partial charge is 0.507 e. The van der Waals surface area contributed by atoms with E-state index in [1.807, 2.05) is 19.0 Å². The van der Waals surface area contributed by atoms with Gasteiger partial charge in [0.05, 0.1) is 11.6 Å². The summed E-state index contributed by atoms with van der Waals surface area (Å²) in [6.45, 7) is 4.69. The number of benzene rings is 2. The fourth-order valence-electron chi connectivity index (χ4n) is 3.46. The first kappa shape index (κ1) is 22.2. The third kappa shape index (κ3) is 4.83. The predicted octanol–water partition coefficient (Wildman–Crippen LogP) is 3.37. The summed E-state index contributed by atoms with van der Waals surface area (Å²) in [7, 11) is 3.70. The predicted molar refractivity (Wildman–Crippen MR) is 116 cm³/mol. The first-order chi connectivity index (χ1) is 14.8. The zero-order valence-electron chi connectivity index (χ0n) is 17.5. The molecule has 0 radical (unpaired) electrons. The summed E-state index contributed by atoms with van der Waals surface area (Å²) in [6.07, 6.45) is 1.61. The van der Waals surface area contributed by atoms with Gasteiger partial charge in [-0.25, -0.2) is 4.39 Å². The Morgan fingerprint density at radius 3 is 2.55 bits per heavy atom. The van der Waals surface area contributed by atoms with Crippen LogP contribution in [0.15, 0.2) is 66.8 Å². The van der Waals surface area contributed by atoms with E-state index in [1.54, 1.807) is 36.4 Å². The highest BCUT2D eigenvalue weighted by atomic mass is 19.1. The molecule has 0 aromatic heterocycles. The van der Waals surface area contributed by atoms with Crippen molar-refractivity contribution in [3.8, 4) is 5.75 Å². The van der Waals surface area contributed by atoms with Crippen molar-refractivity contribution in [2.45, 2.75) is 6.04 Å². The maximum atomic E-state index is 14.0. The summed E-state index contributed by atoms with van der Waals surface area (Å²) in [5.41, 5.74) is 0.720. The number of hydrogen-bond acceptors (Lipinski definition) is 5. The highest BCUT2D eigenvalue weighted by molar-refractivity contribution is 6.46. The molecule has 1 aliphatic heterocycles. The van der Waals surface area contributed by atoms with Crippen LogP contribution in [0.2, 0.25) is 0 Å². The molecule has 2 aromatic carbocycles. The van der Waals surface area contributed by atoms with Gasteiger partial charge >= 0.3 is 0 Å². The van der Waals surface area contributed by atoms with Crippen molar-refractivity contribution < 1.29 is 23.8 Å². The van der Waals surface area contributed by atoms with Gasteiger partial charge in [-0.2, -0.15) is 0 Å². The van der Waals surface area contributed by atoms with Crippen molar-refractivity contribution >= 4 is 17.4 Å². The second-order valence-electron chi connectivity index (χ2n) is 7.47. The minimum Gasteiger partial charge on any atom is -0.507 e. The van der Waals surface area contributed by atoms with Crippen LogP contribution in [0.4, 0.5) is 4.39 Å². The van der Waals surface area contributed by atoms with E-state index in [-0.39, 0.29) is 17.9 Å². The van der Waals surface area contributed by atoms with E-state index in [2.05, 4.69) is 6.58 Å². The number of hydrogen-bond donors (Lipinski definition) is 1. The summed E-state index contributed by atoms with van der Waals surface area (Å²) in [5.74, 6) is -1.74. The number of carbonyl (C=O) groups excluding carboxylic acids is 2. The molecule has 1 atom stereocenters. The molecule has 7 heteroatoms. The van der Waals surface area contributed by atoms with Gasteiger partial charge in [-0.1, -0.05) is 24.8 Å². The fraction of sp³-hybridized carbons (Fsp3) is 0.250. The first-order valence-electron chi connectivity index (χ1n) is 9.86. The Balaban J connectivity index is 2.07. The van der Waals surface area contributed by atoms with Gasteiger partial charge in [0.25, 0.3) is 11.7 Å². The number of likely N-dealkylation sites (tertiary alicyclic amines) is 1. The van der Waals surface area contributed by atoms with Gasteiger partial charge in [0.1, 0.15) is 23.9 Å².